The van der Waals surface area contributed by atoms with Gasteiger partial charge >= 0.3 is 0 Å². The number of hydrogen-bond acceptors (Lipinski definition) is 4. The topological polar surface area (TPSA) is 77.1 Å². The first-order valence-electron chi connectivity index (χ1n) is 8.57. The summed E-state index contributed by atoms with van der Waals surface area (Å²) in [6, 6.07) is 13.9. The van der Waals surface area contributed by atoms with Crippen LogP contribution in [0.5, 0.6) is 5.75 Å². The number of nitro groups is 1. The Hall–Kier alpha value is -2.93. The highest BCUT2D eigenvalue weighted by molar-refractivity contribution is 5.94. The lowest BCUT2D eigenvalue weighted by Crippen LogP contribution is -3.13. The van der Waals surface area contributed by atoms with E-state index in [4.69, 9.17) is 4.74 Å². The highest BCUT2D eigenvalue weighted by atomic mass is 16.6. The molecule has 0 bridgehead atoms. The predicted molar refractivity (Wildman–Crippen MR) is 96.4 cm³/mol. The van der Waals surface area contributed by atoms with Crippen molar-refractivity contribution in [2.75, 3.05) is 33.3 Å². The number of nitrogens with zero attached hydrogens (tertiary/aromatic N) is 2. The number of rotatable bonds is 5. The maximum absolute atomic E-state index is 12.5. The van der Waals surface area contributed by atoms with Gasteiger partial charge in [-0.05, 0) is 36.4 Å². The van der Waals surface area contributed by atoms with Gasteiger partial charge in [-0.2, -0.15) is 0 Å². The molecule has 0 aliphatic carbocycles. The molecule has 1 aliphatic heterocycles. The first-order chi connectivity index (χ1) is 12.6. The number of piperazine rings is 1. The lowest BCUT2D eigenvalue weighted by Gasteiger charge is -2.32. The Kier molecular flexibility index (Phi) is 5.48. The Labute approximate surface area is 151 Å². The standard InChI is InChI=1S/C19H21N3O4/c1-26-18-8-2-15(3-9-18)14-20-10-12-21(13-11-20)19(23)16-4-6-17(7-5-16)22(24)25/h2-9H,10-14H2,1H3/p+1. The van der Waals surface area contributed by atoms with Crippen molar-refractivity contribution in [3.8, 4) is 5.75 Å². The number of hydrogen-bond donors (Lipinski definition) is 1. The van der Waals surface area contributed by atoms with Crippen molar-refractivity contribution in [3.05, 3.63) is 69.8 Å². The molecule has 1 amide bonds. The molecular formula is C19H22N3O4+. The molecule has 2 aromatic carbocycles. The largest absolute Gasteiger partial charge is 0.497 e. The molecule has 0 saturated carbocycles. The van der Waals surface area contributed by atoms with E-state index in [1.165, 1.54) is 34.7 Å². The van der Waals surface area contributed by atoms with Gasteiger partial charge in [-0.25, -0.2) is 0 Å². The summed E-state index contributed by atoms with van der Waals surface area (Å²) in [6.45, 7) is 4.04. The van der Waals surface area contributed by atoms with E-state index in [1.54, 1.807) is 7.11 Å². The number of carbonyl (C=O) groups is 1. The number of nitro benzene ring substituents is 1. The second-order valence-corrected chi connectivity index (χ2v) is 6.37. The SMILES string of the molecule is COc1ccc(C[NH+]2CCN(C(=O)c3ccc([N+](=O)[O-])cc3)CC2)cc1. The molecule has 0 spiro atoms. The summed E-state index contributed by atoms with van der Waals surface area (Å²) in [5.41, 5.74) is 1.74. The predicted octanol–water partition coefficient (Wildman–Crippen LogP) is 1.14. The van der Waals surface area contributed by atoms with Crippen LogP contribution in [-0.4, -0.2) is 49.0 Å². The normalized spacial score (nSPS) is 14.9. The van der Waals surface area contributed by atoms with E-state index in [0.717, 1.165) is 25.4 Å². The number of nitrogens with one attached hydrogen (secondary N) is 1. The Morgan fingerprint density at radius 1 is 1.12 bits per heavy atom. The summed E-state index contributed by atoms with van der Waals surface area (Å²) < 4.78 is 5.17. The number of amides is 1. The molecule has 0 unspecified atom stereocenters. The number of quaternary nitrogens is 1. The van der Waals surface area contributed by atoms with Gasteiger partial charge in [0.25, 0.3) is 11.6 Å². The van der Waals surface area contributed by atoms with Crippen LogP contribution in [0.15, 0.2) is 48.5 Å². The third-order valence-corrected chi connectivity index (χ3v) is 4.70. The van der Waals surface area contributed by atoms with Crippen molar-refractivity contribution < 1.29 is 19.4 Å². The van der Waals surface area contributed by atoms with Crippen LogP contribution in [-0.2, 0) is 6.54 Å². The number of non-ortho nitro benzene ring substituents is 1. The van der Waals surface area contributed by atoms with Crippen LogP contribution in [0.1, 0.15) is 15.9 Å². The van der Waals surface area contributed by atoms with Crippen molar-refractivity contribution in [1.82, 2.24) is 4.90 Å². The van der Waals surface area contributed by atoms with E-state index < -0.39 is 4.92 Å². The van der Waals surface area contributed by atoms with Crippen LogP contribution >= 0.6 is 0 Å². The molecule has 7 heteroatoms. The van der Waals surface area contributed by atoms with Crippen molar-refractivity contribution in [2.24, 2.45) is 0 Å². The summed E-state index contributed by atoms with van der Waals surface area (Å²) in [6.07, 6.45) is 0. The van der Waals surface area contributed by atoms with Gasteiger partial charge in [0.1, 0.15) is 12.3 Å². The molecule has 0 aromatic heterocycles. The Morgan fingerprint density at radius 2 is 1.73 bits per heavy atom. The average molecular weight is 356 g/mol. The molecule has 3 rings (SSSR count). The lowest BCUT2D eigenvalue weighted by molar-refractivity contribution is -0.917. The minimum atomic E-state index is -0.463. The van der Waals surface area contributed by atoms with Crippen LogP contribution < -0.4 is 9.64 Å². The molecule has 136 valence electrons. The van der Waals surface area contributed by atoms with Gasteiger partial charge < -0.3 is 14.5 Å². The van der Waals surface area contributed by atoms with Gasteiger partial charge in [0.05, 0.1) is 38.2 Å². The molecule has 26 heavy (non-hydrogen) atoms. The van der Waals surface area contributed by atoms with E-state index in [-0.39, 0.29) is 11.6 Å². The van der Waals surface area contributed by atoms with Gasteiger partial charge in [-0.1, -0.05) is 0 Å². The molecular weight excluding hydrogens is 334 g/mol. The van der Waals surface area contributed by atoms with Gasteiger partial charge in [0.2, 0.25) is 0 Å². The fourth-order valence-corrected chi connectivity index (χ4v) is 3.14. The minimum absolute atomic E-state index is 0.00435. The summed E-state index contributed by atoms with van der Waals surface area (Å²) >= 11 is 0. The summed E-state index contributed by atoms with van der Waals surface area (Å²) in [5, 5.41) is 10.7. The molecule has 2 aromatic rings. The van der Waals surface area contributed by atoms with Crippen LogP contribution in [0, 0.1) is 10.1 Å². The number of benzene rings is 2. The van der Waals surface area contributed by atoms with Crippen LogP contribution in [0.25, 0.3) is 0 Å². The van der Waals surface area contributed by atoms with Crippen LogP contribution in [0.4, 0.5) is 5.69 Å². The van der Waals surface area contributed by atoms with E-state index in [9.17, 15) is 14.9 Å². The Balaban J connectivity index is 1.53. The van der Waals surface area contributed by atoms with Crippen molar-refractivity contribution in [3.63, 3.8) is 0 Å². The van der Waals surface area contributed by atoms with E-state index in [0.29, 0.717) is 18.7 Å². The fourth-order valence-electron chi connectivity index (χ4n) is 3.14. The molecule has 1 heterocycles. The summed E-state index contributed by atoms with van der Waals surface area (Å²) in [4.78, 5) is 26.0. The average Bonchev–Trinajstić information content (AvgIpc) is 2.69. The highest BCUT2D eigenvalue weighted by Gasteiger charge is 2.24. The zero-order valence-electron chi connectivity index (χ0n) is 14.7. The first-order valence-corrected chi connectivity index (χ1v) is 8.57. The first kappa shape index (κ1) is 17.9. The molecule has 0 radical (unpaired) electrons. The van der Waals surface area contributed by atoms with Gasteiger partial charge in [0.15, 0.2) is 0 Å². The number of ether oxygens (including phenoxy) is 1. The highest BCUT2D eigenvalue weighted by Crippen LogP contribution is 2.14. The monoisotopic (exact) mass is 356 g/mol. The lowest BCUT2D eigenvalue weighted by atomic mass is 10.1. The third kappa shape index (κ3) is 4.18. The number of carbonyl (C=O) groups excluding carboxylic acids is 1. The number of methoxy groups -OCH3 is 1. The minimum Gasteiger partial charge on any atom is -0.497 e. The zero-order valence-corrected chi connectivity index (χ0v) is 14.7. The fraction of sp³-hybridized carbons (Fsp3) is 0.316. The van der Waals surface area contributed by atoms with E-state index in [1.807, 2.05) is 17.0 Å². The van der Waals surface area contributed by atoms with Crippen molar-refractivity contribution in [1.29, 1.82) is 0 Å². The van der Waals surface area contributed by atoms with Crippen molar-refractivity contribution in [2.45, 2.75) is 6.54 Å². The third-order valence-electron chi connectivity index (χ3n) is 4.70. The van der Waals surface area contributed by atoms with E-state index in [2.05, 4.69) is 12.1 Å². The second-order valence-electron chi connectivity index (χ2n) is 6.37. The van der Waals surface area contributed by atoms with Crippen LogP contribution in [0.3, 0.4) is 0 Å². The van der Waals surface area contributed by atoms with E-state index >= 15 is 0 Å². The quantitative estimate of drug-likeness (QED) is 0.644. The van der Waals surface area contributed by atoms with Gasteiger partial charge in [0, 0.05) is 23.3 Å². The molecule has 1 aliphatic rings. The Bertz CT molecular complexity index is 766. The molecule has 1 N–H and O–H groups in total. The maximum Gasteiger partial charge on any atom is 0.269 e. The molecule has 1 fully saturated rings. The van der Waals surface area contributed by atoms with Crippen molar-refractivity contribution >= 4 is 11.6 Å². The van der Waals surface area contributed by atoms with Gasteiger partial charge in [-0.15, -0.1) is 0 Å². The summed E-state index contributed by atoms with van der Waals surface area (Å²) in [7, 11) is 1.65. The van der Waals surface area contributed by atoms with Crippen LogP contribution in [0.2, 0.25) is 0 Å². The maximum atomic E-state index is 12.5. The molecule has 7 nitrogen and oxygen atoms in total. The molecule has 0 atom stereocenters. The van der Waals surface area contributed by atoms with Gasteiger partial charge in [-0.3, -0.25) is 14.9 Å². The summed E-state index contributed by atoms with van der Waals surface area (Å²) in [5.74, 6) is 0.783. The second kappa shape index (κ2) is 7.97. The Morgan fingerprint density at radius 3 is 2.27 bits per heavy atom. The zero-order chi connectivity index (χ0) is 18.5. The smallest absolute Gasteiger partial charge is 0.269 e. The molecule has 1 saturated heterocycles.